The molecule has 3 heteroatoms. The summed E-state index contributed by atoms with van der Waals surface area (Å²) in [6.07, 6.45) is 0. The van der Waals surface area contributed by atoms with Crippen LogP contribution in [0, 0.1) is 5.92 Å². The van der Waals surface area contributed by atoms with Crippen LogP contribution in [-0.4, -0.2) is 35.8 Å². The number of aliphatic hydroxyl groups is 2. The van der Waals surface area contributed by atoms with Crippen molar-refractivity contribution in [1.82, 2.24) is 4.90 Å². The van der Waals surface area contributed by atoms with E-state index in [0.29, 0.717) is 12.1 Å². The molecule has 1 aromatic rings. The first kappa shape index (κ1) is 12.2. The number of rotatable bonds is 4. The molecule has 2 N–H and O–H groups in total. The first-order chi connectivity index (χ1) is 6.94. The molecule has 0 saturated heterocycles. The van der Waals surface area contributed by atoms with Gasteiger partial charge in [-0.1, -0.05) is 37.3 Å². The summed E-state index contributed by atoms with van der Waals surface area (Å²) in [4.78, 5) is 1.94. The van der Waals surface area contributed by atoms with E-state index in [0.717, 1.165) is 0 Å². The summed E-state index contributed by atoms with van der Waals surface area (Å²) in [5.74, 6) is -2.00. The van der Waals surface area contributed by atoms with E-state index >= 15 is 0 Å². The molecular formula is C12H19NO2. The fraction of sp³-hybridized carbons (Fsp3) is 0.500. The summed E-state index contributed by atoms with van der Waals surface area (Å²) >= 11 is 0. The average molecular weight is 209 g/mol. The number of hydrogen-bond donors (Lipinski definition) is 2. The summed E-state index contributed by atoms with van der Waals surface area (Å²) < 4.78 is 0. The number of nitrogens with zero attached hydrogens (tertiary/aromatic N) is 1. The fourth-order valence-corrected chi connectivity index (χ4v) is 1.64. The molecule has 0 fully saturated rings. The highest BCUT2D eigenvalue weighted by molar-refractivity contribution is 5.20. The lowest BCUT2D eigenvalue weighted by Gasteiger charge is -2.30. The fourth-order valence-electron chi connectivity index (χ4n) is 1.64. The maximum atomic E-state index is 10.0. The second-order valence-electron chi connectivity index (χ2n) is 4.26. The van der Waals surface area contributed by atoms with E-state index in [1.165, 1.54) is 0 Å². The van der Waals surface area contributed by atoms with Crippen molar-refractivity contribution in [2.24, 2.45) is 5.92 Å². The van der Waals surface area contributed by atoms with Gasteiger partial charge in [0.05, 0.1) is 0 Å². The summed E-state index contributed by atoms with van der Waals surface area (Å²) in [7, 11) is 3.83. The first-order valence-corrected chi connectivity index (χ1v) is 5.09. The van der Waals surface area contributed by atoms with Crippen molar-refractivity contribution in [2.75, 3.05) is 20.6 Å². The molecule has 0 heterocycles. The lowest BCUT2D eigenvalue weighted by Crippen LogP contribution is -2.38. The van der Waals surface area contributed by atoms with Gasteiger partial charge in [-0.25, -0.2) is 0 Å². The summed E-state index contributed by atoms with van der Waals surface area (Å²) in [6.45, 7) is 2.45. The van der Waals surface area contributed by atoms with Crippen LogP contribution in [0.4, 0.5) is 0 Å². The second-order valence-corrected chi connectivity index (χ2v) is 4.26. The molecule has 84 valence electrons. The largest absolute Gasteiger partial charge is 0.362 e. The van der Waals surface area contributed by atoms with Gasteiger partial charge in [-0.2, -0.15) is 0 Å². The van der Waals surface area contributed by atoms with Crippen molar-refractivity contribution >= 4 is 0 Å². The van der Waals surface area contributed by atoms with Gasteiger partial charge in [-0.3, -0.25) is 0 Å². The highest BCUT2D eigenvalue weighted by Crippen LogP contribution is 2.26. The van der Waals surface area contributed by atoms with E-state index in [-0.39, 0.29) is 5.92 Å². The van der Waals surface area contributed by atoms with E-state index < -0.39 is 5.79 Å². The Balaban J connectivity index is 2.82. The molecule has 1 rings (SSSR count). The van der Waals surface area contributed by atoms with E-state index in [9.17, 15) is 10.2 Å². The van der Waals surface area contributed by atoms with Gasteiger partial charge in [-0.05, 0) is 14.1 Å². The molecular weight excluding hydrogens is 190 g/mol. The Morgan fingerprint density at radius 1 is 1.20 bits per heavy atom. The smallest absolute Gasteiger partial charge is 0.193 e. The van der Waals surface area contributed by atoms with Gasteiger partial charge >= 0.3 is 0 Å². The summed E-state index contributed by atoms with van der Waals surface area (Å²) in [5, 5.41) is 20.1. The third kappa shape index (κ3) is 3.02. The van der Waals surface area contributed by atoms with E-state index in [2.05, 4.69) is 0 Å². The van der Waals surface area contributed by atoms with Crippen molar-refractivity contribution in [1.29, 1.82) is 0 Å². The van der Waals surface area contributed by atoms with Gasteiger partial charge in [0.1, 0.15) is 0 Å². The van der Waals surface area contributed by atoms with Crippen molar-refractivity contribution in [2.45, 2.75) is 12.7 Å². The standard InChI is InChI=1S/C12H19NO2/c1-10(9-13(2)3)12(14,15)11-7-5-4-6-8-11/h4-8,10,14-15H,9H2,1-3H3. The summed E-state index contributed by atoms with van der Waals surface area (Å²) in [5.41, 5.74) is 0.541. The van der Waals surface area contributed by atoms with E-state index in [1.54, 1.807) is 24.3 Å². The van der Waals surface area contributed by atoms with Gasteiger partial charge < -0.3 is 15.1 Å². The highest BCUT2D eigenvalue weighted by Gasteiger charge is 2.32. The minimum atomic E-state index is -1.76. The Morgan fingerprint density at radius 2 is 1.73 bits per heavy atom. The third-order valence-electron chi connectivity index (χ3n) is 2.52. The predicted molar refractivity (Wildman–Crippen MR) is 60.3 cm³/mol. The predicted octanol–water partition coefficient (Wildman–Crippen LogP) is 1.02. The van der Waals surface area contributed by atoms with Crippen LogP contribution in [0.25, 0.3) is 0 Å². The molecule has 1 unspecified atom stereocenters. The molecule has 1 aromatic carbocycles. The molecule has 0 bridgehead atoms. The average Bonchev–Trinajstić information content (AvgIpc) is 2.18. The SMILES string of the molecule is CC(CN(C)C)C(O)(O)c1ccccc1. The Hall–Kier alpha value is -0.900. The van der Waals surface area contributed by atoms with Crippen LogP contribution in [0.1, 0.15) is 12.5 Å². The number of hydrogen-bond acceptors (Lipinski definition) is 3. The van der Waals surface area contributed by atoms with Gasteiger partial charge in [0.15, 0.2) is 5.79 Å². The quantitative estimate of drug-likeness (QED) is 0.728. The minimum absolute atomic E-state index is 0.241. The molecule has 0 aromatic heterocycles. The van der Waals surface area contributed by atoms with Crippen molar-refractivity contribution in [3.63, 3.8) is 0 Å². The molecule has 0 radical (unpaired) electrons. The van der Waals surface area contributed by atoms with Gasteiger partial charge in [0, 0.05) is 18.0 Å². The van der Waals surface area contributed by atoms with Crippen molar-refractivity contribution in [3.05, 3.63) is 35.9 Å². The molecule has 0 spiro atoms. The van der Waals surface area contributed by atoms with Gasteiger partial charge in [0.25, 0.3) is 0 Å². The second kappa shape index (κ2) is 4.75. The van der Waals surface area contributed by atoms with Crippen LogP contribution >= 0.6 is 0 Å². The van der Waals surface area contributed by atoms with Crippen LogP contribution in [0.15, 0.2) is 30.3 Å². The van der Waals surface area contributed by atoms with Crippen molar-refractivity contribution in [3.8, 4) is 0 Å². The monoisotopic (exact) mass is 209 g/mol. The van der Waals surface area contributed by atoms with Crippen LogP contribution in [0.5, 0.6) is 0 Å². The molecule has 0 aliphatic rings. The molecule has 15 heavy (non-hydrogen) atoms. The maximum absolute atomic E-state index is 10.0. The Morgan fingerprint density at radius 3 is 2.20 bits per heavy atom. The zero-order valence-corrected chi connectivity index (χ0v) is 9.51. The van der Waals surface area contributed by atoms with Crippen molar-refractivity contribution < 1.29 is 10.2 Å². The van der Waals surface area contributed by atoms with Crippen LogP contribution in [0.3, 0.4) is 0 Å². The first-order valence-electron chi connectivity index (χ1n) is 5.09. The molecule has 0 aliphatic carbocycles. The van der Waals surface area contributed by atoms with Crippen LogP contribution in [0.2, 0.25) is 0 Å². The molecule has 3 nitrogen and oxygen atoms in total. The zero-order chi connectivity index (χ0) is 11.5. The minimum Gasteiger partial charge on any atom is -0.362 e. The number of benzene rings is 1. The molecule has 1 atom stereocenters. The summed E-state index contributed by atoms with van der Waals surface area (Å²) in [6, 6.07) is 8.92. The van der Waals surface area contributed by atoms with E-state index in [4.69, 9.17) is 0 Å². The lowest BCUT2D eigenvalue weighted by atomic mass is 9.93. The Kier molecular flexibility index (Phi) is 3.85. The van der Waals surface area contributed by atoms with Crippen LogP contribution < -0.4 is 0 Å². The zero-order valence-electron chi connectivity index (χ0n) is 9.51. The topological polar surface area (TPSA) is 43.7 Å². The highest BCUT2D eigenvalue weighted by atomic mass is 16.5. The van der Waals surface area contributed by atoms with E-state index in [1.807, 2.05) is 32.0 Å². The normalized spacial score (nSPS) is 14.3. The molecule has 0 aliphatic heterocycles. The molecule has 0 amide bonds. The Bertz CT molecular complexity index is 296. The maximum Gasteiger partial charge on any atom is 0.193 e. The lowest BCUT2D eigenvalue weighted by molar-refractivity contribution is -0.208. The van der Waals surface area contributed by atoms with Gasteiger partial charge in [0.2, 0.25) is 0 Å². The van der Waals surface area contributed by atoms with Crippen LogP contribution in [-0.2, 0) is 5.79 Å². The van der Waals surface area contributed by atoms with Gasteiger partial charge in [-0.15, -0.1) is 0 Å². The Labute approximate surface area is 91.0 Å². The molecule has 0 saturated carbocycles. The third-order valence-corrected chi connectivity index (χ3v) is 2.52.